The molecule has 0 bridgehead atoms. The van der Waals surface area contributed by atoms with Gasteiger partial charge >= 0.3 is 0 Å². The van der Waals surface area contributed by atoms with Gasteiger partial charge in [-0.05, 0) is 48.1 Å². The van der Waals surface area contributed by atoms with Crippen LogP contribution in [0.1, 0.15) is 41.9 Å². The molecule has 3 N–H and O–H groups in total. The van der Waals surface area contributed by atoms with Gasteiger partial charge in [0.1, 0.15) is 17.6 Å². The van der Waals surface area contributed by atoms with Crippen molar-refractivity contribution in [2.45, 2.75) is 32.7 Å². The van der Waals surface area contributed by atoms with E-state index in [4.69, 9.17) is 5.73 Å². The van der Waals surface area contributed by atoms with Crippen LogP contribution in [-0.2, 0) is 11.2 Å². The molecule has 2 amide bonds. The molecule has 0 saturated carbocycles. The third kappa shape index (κ3) is 5.38. The predicted molar refractivity (Wildman–Crippen MR) is 93.3 cm³/mol. The topological polar surface area (TPSA) is 85.1 Å². The first kappa shape index (κ1) is 18.6. The molecule has 0 radical (unpaired) electrons. The molecule has 0 aliphatic heterocycles. The van der Waals surface area contributed by atoms with E-state index in [1.54, 1.807) is 24.3 Å². The molecule has 2 aromatic rings. The molecular formula is C19H22FN3O2. The maximum atomic E-state index is 13.0. The zero-order valence-electron chi connectivity index (χ0n) is 14.3. The minimum Gasteiger partial charge on any atom is -0.368 e. The van der Waals surface area contributed by atoms with E-state index < -0.39 is 17.9 Å². The summed E-state index contributed by atoms with van der Waals surface area (Å²) in [5.74, 6) is -1.12. The summed E-state index contributed by atoms with van der Waals surface area (Å²) in [6.45, 7) is 3.89. The number of hydrogen-bond acceptors (Lipinski definition) is 3. The number of rotatable bonds is 7. The van der Waals surface area contributed by atoms with Crippen molar-refractivity contribution in [1.82, 2.24) is 10.3 Å². The summed E-state index contributed by atoms with van der Waals surface area (Å²) in [5.41, 5.74) is 7.17. The lowest BCUT2D eigenvalue weighted by Crippen LogP contribution is -2.45. The Balaban J connectivity index is 2.19. The molecule has 0 aliphatic carbocycles. The van der Waals surface area contributed by atoms with E-state index in [2.05, 4.69) is 10.3 Å². The average Bonchev–Trinajstić information content (AvgIpc) is 2.56. The van der Waals surface area contributed by atoms with Crippen molar-refractivity contribution in [1.29, 1.82) is 0 Å². The van der Waals surface area contributed by atoms with E-state index in [1.807, 2.05) is 13.8 Å². The minimum atomic E-state index is -0.742. The molecular weight excluding hydrogens is 321 g/mol. The molecule has 1 heterocycles. The summed E-state index contributed by atoms with van der Waals surface area (Å²) in [7, 11) is 0. The van der Waals surface area contributed by atoms with E-state index in [-0.39, 0.29) is 17.4 Å². The second-order valence-corrected chi connectivity index (χ2v) is 6.37. The number of carbonyl (C=O) groups is 2. The van der Waals surface area contributed by atoms with Crippen LogP contribution in [-0.4, -0.2) is 22.8 Å². The molecule has 0 saturated heterocycles. The smallest absolute Gasteiger partial charge is 0.270 e. The first-order valence-corrected chi connectivity index (χ1v) is 8.15. The SMILES string of the molecule is CC(C)C[C@H](NC(=O)c1ncccc1Cc1ccc(F)cc1)C(N)=O. The fourth-order valence-corrected chi connectivity index (χ4v) is 2.55. The minimum absolute atomic E-state index is 0.209. The number of nitrogens with one attached hydrogen (secondary N) is 1. The number of benzene rings is 1. The molecule has 0 aliphatic rings. The summed E-state index contributed by atoms with van der Waals surface area (Å²) in [6, 6.07) is 8.84. The lowest BCUT2D eigenvalue weighted by molar-refractivity contribution is -0.120. The molecule has 1 atom stereocenters. The van der Waals surface area contributed by atoms with E-state index >= 15 is 0 Å². The highest BCUT2D eigenvalue weighted by molar-refractivity contribution is 5.97. The van der Waals surface area contributed by atoms with E-state index in [1.165, 1.54) is 18.3 Å². The van der Waals surface area contributed by atoms with Gasteiger partial charge in [-0.15, -0.1) is 0 Å². The van der Waals surface area contributed by atoms with Crippen molar-refractivity contribution in [3.05, 3.63) is 65.2 Å². The number of halogens is 1. The summed E-state index contributed by atoms with van der Waals surface area (Å²) in [4.78, 5) is 28.3. The van der Waals surface area contributed by atoms with Gasteiger partial charge in [0.25, 0.3) is 5.91 Å². The van der Waals surface area contributed by atoms with Gasteiger partial charge in [-0.2, -0.15) is 0 Å². The average molecular weight is 343 g/mol. The molecule has 6 heteroatoms. The Morgan fingerprint density at radius 2 is 1.88 bits per heavy atom. The van der Waals surface area contributed by atoms with Crippen LogP contribution in [0.25, 0.3) is 0 Å². The molecule has 0 unspecified atom stereocenters. The first-order valence-electron chi connectivity index (χ1n) is 8.15. The van der Waals surface area contributed by atoms with Crippen LogP contribution < -0.4 is 11.1 Å². The number of nitrogens with two attached hydrogens (primary N) is 1. The summed E-state index contributed by atoms with van der Waals surface area (Å²) in [5, 5.41) is 2.66. The highest BCUT2D eigenvalue weighted by atomic mass is 19.1. The van der Waals surface area contributed by atoms with Crippen molar-refractivity contribution < 1.29 is 14.0 Å². The first-order chi connectivity index (χ1) is 11.9. The van der Waals surface area contributed by atoms with Crippen molar-refractivity contribution in [3.8, 4) is 0 Å². The standard InChI is InChI=1S/C19H22FN3O2/c1-12(2)10-16(18(21)24)23-19(25)17-14(4-3-9-22-17)11-13-5-7-15(20)8-6-13/h3-9,12,16H,10-11H2,1-2H3,(H2,21,24)(H,23,25)/t16-/m0/s1. The maximum Gasteiger partial charge on any atom is 0.270 e. The van der Waals surface area contributed by atoms with Gasteiger partial charge in [-0.25, -0.2) is 4.39 Å². The van der Waals surface area contributed by atoms with Crippen molar-refractivity contribution in [2.75, 3.05) is 0 Å². The normalized spacial score (nSPS) is 12.0. The van der Waals surface area contributed by atoms with Crippen LogP contribution in [0.2, 0.25) is 0 Å². The van der Waals surface area contributed by atoms with Crippen LogP contribution in [0.5, 0.6) is 0 Å². The number of primary amides is 1. The summed E-state index contributed by atoms with van der Waals surface area (Å²) in [6.07, 6.45) is 2.41. The van der Waals surface area contributed by atoms with Gasteiger partial charge in [0.05, 0.1) is 0 Å². The van der Waals surface area contributed by atoms with Crippen LogP contribution in [0.4, 0.5) is 4.39 Å². The van der Waals surface area contributed by atoms with E-state index in [0.29, 0.717) is 18.4 Å². The van der Waals surface area contributed by atoms with E-state index in [9.17, 15) is 14.0 Å². The summed E-state index contributed by atoms with van der Waals surface area (Å²) < 4.78 is 13.0. The van der Waals surface area contributed by atoms with Crippen molar-refractivity contribution in [2.24, 2.45) is 11.7 Å². The molecule has 0 fully saturated rings. The van der Waals surface area contributed by atoms with Crippen LogP contribution in [0.15, 0.2) is 42.6 Å². The second-order valence-electron chi connectivity index (χ2n) is 6.37. The molecule has 0 spiro atoms. The highest BCUT2D eigenvalue weighted by Gasteiger charge is 2.22. The molecule has 25 heavy (non-hydrogen) atoms. The highest BCUT2D eigenvalue weighted by Crippen LogP contribution is 2.14. The number of nitrogens with zero attached hydrogens (tertiary/aromatic N) is 1. The number of aromatic nitrogens is 1. The zero-order chi connectivity index (χ0) is 18.4. The molecule has 1 aromatic heterocycles. The zero-order valence-corrected chi connectivity index (χ0v) is 14.3. The van der Waals surface area contributed by atoms with Crippen LogP contribution in [0.3, 0.4) is 0 Å². The Bertz CT molecular complexity index is 745. The Morgan fingerprint density at radius 1 is 1.20 bits per heavy atom. The molecule has 5 nitrogen and oxygen atoms in total. The van der Waals surface area contributed by atoms with Gasteiger partial charge in [0, 0.05) is 6.20 Å². The Kier molecular flexibility index (Phi) is 6.22. The predicted octanol–water partition coefficient (Wildman–Crippen LogP) is 2.44. The quantitative estimate of drug-likeness (QED) is 0.810. The van der Waals surface area contributed by atoms with Crippen molar-refractivity contribution in [3.63, 3.8) is 0 Å². The number of amides is 2. The van der Waals surface area contributed by atoms with Gasteiger partial charge in [-0.1, -0.05) is 32.0 Å². The maximum absolute atomic E-state index is 13.0. The fraction of sp³-hybridized carbons (Fsp3) is 0.316. The third-order valence-corrected chi connectivity index (χ3v) is 3.77. The monoisotopic (exact) mass is 343 g/mol. The Hall–Kier alpha value is -2.76. The van der Waals surface area contributed by atoms with Crippen LogP contribution in [0, 0.1) is 11.7 Å². The molecule has 2 rings (SSSR count). The van der Waals surface area contributed by atoms with Crippen LogP contribution >= 0.6 is 0 Å². The van der Waals surface area contributed by atoms with Crippen molar-refractivity contribution >= 4 is 11.8 Å². The second kappa shape index (κ2) is 8.37. The number of hydrogen-bond donors (Lipinski definition) is 2. The van der Waals surface area contributed by atoms with E-state index in [0.717, 1.165) is 5.56 Å². The Morgan fingerprint density at radius 3 is 2.48 bits per heavy atom. The largest absolute Gasteiger partial charge is 0.368 e. The fourth-order valence-electron chi connectivity index (χ4n) is 2.55. The van der Waals surface area contributed by atoms with Gasteiger partial charge in [0.15, 0.2) is 0 Å². The summed E-state index contributed by atoms with van der Waals surface area (Å²) >= 11 is 0. The Labute approximate surface area is 146 Å². The lowest BCUT2D eigenvalue weighted by Gasteiger charge is -2.18. The van der Waals surface area contributed by atoms with Gasteiger partial charge in [-0.3, -0.25) is 14.6 Å². The molecule has 132 valence electrons. The lowest BCUT2D eigenvalue weighted by atomic mass is 10.0. The third-order valence-electron chi connectivity index (χ3n) is 3.77. The number of carbonyl (C=O) groups excluding carboxylic acids is 2. The van der Waals surface area contributed by atoms with Gasteiger partial charge in [0.2, 0.25) is 5.91 Å². The van der Waals surface area contributed by atoms with Gasteiger partial charge < -0.3 is 11.1 Å². The molecule has 1 aromatic carbocycles. The number of pyridine rings is 1.